The molecule has 0 aromatic heterocycles. The van der Waals surface area contributed by atoms with Crippen LogP contribution < -0.4 is 0 Å². The quantitative estimate of drug-likeness (QED) is 0.100. The number of rotatable bonds is 10. The van der Waals surface area contributed by atoms with Crippen LogP contribution in [0.15, 0.2) is 0 Å². The Kier molecular flexibility index (Phi) is 16.1. The van der Waals surface area contributed by atoms with E-state index < -0.39 is 136 Å². The van der Waals surface area contributed by atoms with Gasteiger partial charge in [-0.1, -0.05) is 13.8 Å². The smallest absolute Gasteiger partial charge is 0.189 e. The van der Waals surface area contributed by atoms with Gasteiger partial charge < -0.3 is 99.2 Å². The van der Waals surface area contributed by atoms with E-state index >= 15 is 0 Å². The highest BCUT2D eigenvalue weighted by atomic mass is 16.8. The minimum atomic E-state index is -1.67. The Morgan fingerprint density at radius 2 is 0.833 bits per heavy atom. The molecule has 12 N–H and O–H groups in total. The second-order valence-electron chi connectivity index (χ2n) is 12.0. The molecule has 0 bridgehead atoms. The molecule has 8 unspecified atom stereocenters. The lowest BCUT2D eigenvalue weighted by Gasteiger charge is -2.46. The molecule has 4 heterocycles. The van der Waals surface area contributed by atoms with Crippen molar-refractivity contribution in [3.8, 4) is 0 Å². The highest BCUT2D eigenvalue weighted by Gasteiger charge is 2.51. The van der Waals surface area contributed by atoms with Crippen molar-refractivity contribution in [2.24, 2.45) is 11.8 Å². The van der Waals surface area contributed by atoms with E-state index in [2.05, 4.69) is 0 Å². The molecule has 0 spiro atoms. The van der Waals surface area contributed by atoms with Crippen molar-refractivity contribution in [3.63, 3.8) is 0 Å². The Morgan fingerprint density at radius 3 is 1.35 bits per heavy atom. The van der Waals surface area contributed by atoms with Crippen LogP contribution in [-0.2, 0) is 37.9 Å². The monoisotopic (exact) mass is 708 g/mol. The molecular weight excluding hydrogens is 656 g/mol. The molecule has 284 valence electrons. The molecule has 0 aliphatic carbocycles. The van der Waals surface area contributed by atoms with E-state index in [9.17, 15) is 61.3 Å². The van der Waals surface area contributed by atoms with Crippen molar-refractivity contribution in [3.05, 3.63) is 0 Å². The van der Waals surface area contributed by atoms with Gasteiger partial charge in [-0.15, -0.1) is 0 Å². The summed E-state index contributed by atoms with van der Waals surface area (Å²) in [5.41, 5.74) is 0. The van der Waals surface area contributed by atoms with Crippen LogP contribution in [0.5, 0.6) is 0 Å². The summed E-state index contributed by atoms with van der Waals surface area (Å²) in [5.74, 6) is -1.29. The largest absolute Gasteiger partial charge is 0.394 e. The summed E-state index contributed by atoms with van der Waals surface area (Å²) in [6, 6.07) is 0. The van der Waals surface area contributed by atoms with Gasteiger partial charge in [-0.2, -0.15) is 0 Å². The van der Waals surface area contributed by atoms with Crippen LogP contribution in [0.1, 0.15) is 27.7 Å². The predicted octanol–water partition coefficient (Wildman–Crippen LogP) is -6.24. The zero-order chi connectivity index (χ0) is 36.0. The first-order valence-electron chi connectivity index (χ1n) is 15.8. The third-order valence-corrected chi connectivity index (χ3v) is 8.72. The van der Waals surface area contributed by atoms with Crippen molar-refractivity contribution in [1.82, 2.24) is 0 Å². The third-order valence-electron chi connectivity index (χ3n) is 8.72. The van der Waals surface area contributed by atoms with Gasteiger partial charge in [0.1, 0.15) is 54.9 Å². The van der Waals surface area contributed by atoms with E-state index in [1.807, 2.05) is 0 Å². The summed E-state index contributed by atoms with van der Waals surface area (Å²) >= 11 is 0. The molecule has 4 fully saturated rings. The minimum Gasteiger partial charge on any atom is -0.394 e. The lowest BCUT2D eigenvalue weighted by molar-refractivity contribution is -0.391. The number of aliphatic hydroxyl groups excluding tert-OH is 12. The standard InChI is InChI=1S/C15H28O10.C13H24O10/c1-3-22-14-12(21)10(19)13(8(5-17)24-14)25-15-11(20)9(18)6(2)7(4-16)23-15;1-3-20-12-8(17)6(15)9(11(19)23-12)21-13-7(16)5(14)4(2)10(18)22-13/h6-21H,3-5H2,1-2H3;4-19H,3H2,1-2H3/t6-,7?,8+,9+,10?,11?,12?,13-,14-,15+;4-,5-,6?,7?,8?,9-,10?,11+,12+,13+/m10/s1. The van der Waals surface area contributed by atoms with Crippen molar-refractivity contribution in [2.45, 2.75) is 139 Å². The molecule has 0 aromatic rings. The predicted molar refractivity (Wildman–Crippen MR) is 153 cm³/mol. The third kappa shape index (κ3) is 9.35. The average Bonchev–Trinajstić information content (AvgIpc) is 3.06. The summed E-state index contributed by atoms with van der Waals surface area (Å²) < 4.78 is 41.8. The van der Waals surface area contributed by atoms with E-state index in [0.717, 1.165) is 0 Å². The van der Waals surface area contributed by atoms with Gasteiger partial charge in [-0.25, -0.2) is 0 Å². The van der Waals surface area contributed by atoms with Gasteiger partial charge in [0.25, 0.3) is 0 Å². The first kappa shape index (κ1) is 41.6. The van der Waals surface area contributed by atoms with Gasteiger partial charge in [-0.05, 0) is 13.8 Å². The van der Waals surface area contributed by atoms with Crippen LogP contribution in [0, 0.1) is 11.8 Å². The maximum Gasteiger partial charge on any atom is 0.189 e. The van der Waals surface area contributed by atoms with Crippen LogP contribution in [-0.4, -0.2) is 199 Å². The van der Waals surface area contributed by atoms with Crippen molar-refractivity contribution >= 4 is 0 Å². The summed E-state index contributed by atoms with van der Waals surface area (Å²) in [7, 11) is 0. The van der Waals surface area contributed by atoms with Gasteiger partial charge >= 0.3 is 0 Å². The van der Waals surface area contributed by atoms with E-state index in [1.54, 1.807) is 20.8 Å². The van der Waals surface area contributed by atoms with E-state index in [4.69, 9.17) is 37.9 Å². The molecule has 20 heteroatoms. The first-order valence-corrected chi connectivity index (χ1v) is 15.8. The van der Waals surface area contributed by atoms with Crippen LogP contribution in [0.25, 0.3) is 0 Å². The van der Waals surface area contributed by atoms with Gasteiger partial charge in [0.15, 0.2) is 37.7 Å². The lowest BCUT2D eigenvalue weighted by atomic mass is 9.91. The molecule has 0 radical (unpaired) electrons. The first-order chi connectivity index (χ1) is 22.6. The van der Waals surface area contributed by atoms with Crippen molar-refractivity contribution in [2.75, 3.05) is 26.4 Å². The van der Waals surface area contributed by atoms with Gasteiger partial charge in [0.05, 0.1) is 31.5 Å². The average molecular weight is 709 g/mol. The number of ether oxygens (including phenoxy) is 8. The van der Waals surface area contributed by atoms with Crippen molar-refractivity contribution in [1.29, 1.82) is 0 Å². The Labute approximate surface area is 276 Å². The summed E-state index contributed by atoms with van der Waals surface area (Å²) in [6.07, 6.45) is -24.4. The van der Waals surface area contributed by atoms with Gasteiger partial charge in [-0.3, -0.25) is 0 Å². The summed E-state index contributed by atoms with van der Waals surface area (Å²) in [5, 5.41) is 119. The maximum absolute atomic E-state index is 10.3. The molecule has 4 aliphatic heterocycles. The van der Waals surface area contributed by atoms with Crippen LogP contribution in [0.3, 0.4) is 0 Å². The second-order valence-corrected chi connectivity index (χ2v) is 12.0. The van der Waals surface area contributed by atoms with Gasteiger partial charge in [0, 0.05) is 25.0 Å². The second kappa shape index (κ2) is 18.6. The van der Waals surface area contributed by atoms with E-state index in [-0.39, 0.29) is 13.2 Å². The molecule has 0 amide bonds. The Hall–Kier alpha value is -0.800. The highest BCUT2D eigenvalue weighted by Crippen LogP contribution is 2.32. The van der Waals surface area contributed by atoms with Crippen LogP contribution >= 0.6 is 0 Å². The Bertz CT molecular complexity index is 932. The molecule has 20 atom stereocenters. The molecule has 0 aromatic carbocycles. The topological polar surface area (TPSA) is 317 Å². The normalized spacial score (nSPS) is 50.0. The number of hydrogen-bond acceptors (Lipinski definition) is 20. The Balaban J connectivity index is 0.000000261. The number of hydrogen-bond donors (Lipinski definition) is 12. The lowest BCUT2D eigenvalue weighted by Crippen LogP contribution is -2.63. The highest BCUT2D eigenvalue weighted by molar-refractivity contribution is 4.93. The van der Waals surface area contributed by atoms with Crippen LogP contribution in [0.2, 0.25) is 0 Å². The minimum absolute atomic E-state index is 0.188. The summed E-state index contributed by atoms with van der Waals surface area (Å²) in [6.45, 7) is 5.89. The SMILES string of the molecule is CCO[C@@H]1O[C@@H](CO)[C@@H](O[C@@H]2OC(CO)[C@@H](C)[C@H](O)C2O)C(O)C1O.CCO[C@@H]1O[C@@H](O)[C@@H](O[C@@H]2OC(O)[C@@H](C)[C@H](O)C2O)C(O)C1O. The van der Waals surface area contributed by atoms with E-state index in [0.29, 0.717) is 0 Å². The molecular formula is C28H52O20. The molecule has 0 saturated carbocycles. The molecule has 4 rings (SSSR count). The maximum atomic E-state index is 10.3. The fourth-order valence-corrected chi connectivity index (χ4v) is 5.59. The zero-order valence-corrected chi connectivity index (χ0v) is 27.0. The van der Waals surface area contributed by atoms with Crippen molar-refractivity contribution < 1.29 is 99.2 Å². The molecule has 4 aliphatic rings. The van der Waals surface area contributed by atoms with E-state index in [1.165, 1.54) is 6.92 Å². The fraction of sp³-hybridized carbons (Fsp3) is 1.00. The number of aliphatic hydroxyl groups is 12. The Morgan fingerprint density at radius 1 is 0.438 bits per heavy atom. The van der Waals surface area contributed by atoms with Crippen LogP contribution in [0.4, 0.5) is 0 Å². The molecule has 20 nitrogen and oxygen atoms in total. The summed E-state index contributed by atoms with van der Waals surface area (Å²) in [4.78, 5) is 0. The molecule has 48 heavy (non-hydrogen) atoms. The van der Waals surface area contributed by atoms with Gasteiger partial charge in [0.2, 0.25) is 0 Å². The fourth-order valence-electron chi connectivity index (χ4n) is 5.59. The molecule has 4 saturated heterocycles. The zero-order valence-electron chi connectivity index (χ0n) is 27.0.